The summed E-state index contributed by atoms with van der Waals surface area (Å²) in [5.41, 5.74) is 6.67. The monoisotopic (exact) mass is 278 g/mol. The van der Waals surface area contributed by atoms with Gasteiger partial charge in [0, 0.05) is 5.02 Å². The molecule has 2 rings (SSSR count). The molecular weight excluding hydrogens is 263 g/mol. The largest absolute Gasteiger partial charge is 0.271 e. The third-order valence-electron chi connectivity index (χ3n) is 3.25. The van der Waals surface area contributed by atoms with Crippen LogP contribution in [0, 0.1) is 19.7 Å². The summed E-state index contributed by atoms with van der Waals surface area (Å²) in [5, 5.41) is 0.688. The van der Waals surface area contributed by atoms with Crippen LogP contribution >= 0.6 is 11.6 Å². The highest BCUT2D eigenvalue weighted by Crippen LogP contribution is 2.28. The molecule has 2 nitrogen and oxygen atoms in total. The fraction of sp³-hybridized carbons (Fsp3) is 0.200. The van der Waals surface area contributed by atoms with E-state index in [0.29, 0.717) is 5.02 Å². The van der Waals surface area contributed by atoms with Gasteiger partial charge in [0.05, 0.1) is 6.04 Å². The molecule has 100 valence electrons. The van der Waals surface area contributed by atoms with Gasteiger partial charge in [0.2, 0.25) is 0 Å². The first-order valence-corrected chi connectivity index (χ1v) is 6.39. The van der Waals surface area contributed by atoms with E-state index in [1.165, 1.54) is 12.1 Å². The zero-order chi connectivity index (χ0) is 14.0. The zero-order valence-electron chi connectivity index (χ0n) is 10.9. The standard InChI is InChI=1S/C15H16ClFN2/c1-9-7-11(16)3-5-13(9)15(19-18)14-6-4-12(17)8-10(14)2/h3-8,15,19H,18H2,1-2H3. The van der Waals surface area contributed by atoms with E-state index in [-0.39, 0.29) is 11.9 Å². The average Bonchev–Trinajstić information content (AvgIpc) is 2.34. The van der Waals surface area contributed by atoms with E-state index in [2.05, 4.69) is 5.43 Å². The molecule has 3 N–H and O–H groups in total. The van der Waals surface area contributed by atoms with Gasteiger partial charge >= 0.3 is 0 Å². The molecule has 0 bridgehead atoms. The summed E-state index contributed by atoms with van der Waals surface area (Å²) >= 11 is 5.96. The Morgan fingerprint density at radius 3 is 2.16 bits per heavy atom. The van der Waals surface area contributed by atoms with Crippen LogP contribution in [-0.2, 0) is 0 Å². The van der Waals surface area contributed by atoms with Gasteiger partial charge < -0.3 is 0 Å². The van der Waals surface area contributed by atoms with E-state index in [9.17, 15) is 4.39 Å². The summed E-state index contributed by atoms with van der Waals surface area (Å²) in [6.45, 7) is 3.85. The first kappa shape index (κ1) is 14.0. The maximum Gasteiger partial charge on any atom is 0.123 e. The number of benzene rings is 2. The third kappa shape index (κ3) is 2.95. The molecule has 0 aliphatic carbocycles. The minimum atomic E-state index is -0.246. The van der Waals surface area contributed by atoms with Crippen molar-refractivity contribution >= 4 is 11.6 Å². The minimum Gasteiger partial charge on any atom is -0.271 e. The molecule has 0 fully saturated rings. The van der Waals surface area contributed by atoms with Crippen LogP contribution < -0.4 is 11.3 Å². The van der Waals surface area contributed by atoms with Gasteiger partial charge in [-0.25, -0.2) is 9.82 Å². The van der Waals surface area contributed by atoms with Crippen LogP contribution in [0.3, 0.4) is 0 Å². The van der Waals surface area contributed by atoms with Crippen LogP contribution in [0.5, 0.6) is 0 Å². The van der Waals surface area contributed by atoms with Crippen molar-refractivity contribution < 1.29 is 4.39 Å². The molecule has 4 heteroatoms. The minimum absolute atomic E-state index is 0.183. The van der Waals surface area contributed by atoms with Gasteiger partial charge in [-0.1, -0.05) is 23.7 Å². The predicted octanol–water partition coefficient (Wildman–Crippen LogP) is 3.65. The van der Waals surface area contributed by atoms with Crippen molar-refractivity contribution in [2.45, 2.75) is 19.9 Å². The number of hydrazine groups is 1. The number of hydrogen-bond acceptors (Lipinski definition) is 2. The number of nitrogens with two attached hydrogens (primary N) is 1. The van der Waals surface area contributed by atoms with Gasteiger partial charge in [-0.15, -0.1) is 0 Å². The summed E-state index contributed by atoms with van der Waals surface area (Å²) in [5.74, 6) is 5.43. The first-order chi connectivity index (χ1) is 9.02. The van der Waals surface area contributed by atoms with Crippen LogP contribution in [-0.4, -0.2) is 0 Å². The smallest absolute Gasteiger partial charge is 0.123 e. The number of hydrogen-bond donors (Lipinski definition) is 2. The summed E-state index contributed by atoms with van der Waals surface area (Å²) < 4.78 is 13.2. The van der Waals surface area contributed by atoms with E-state index in [1.54, 1.807) is 6.07 Å². The number of nitrogens with one attached hydrogen (secondary N) is 1. The van der Waals surface area contributed by atoms with Gasteiger partial charge in [0.1, 0.15) is 5.82 Å². The van der Waals surface area contributed by atoms with Gasteiger partial charge in [0.25, 0.3) is 0 Å². The van der Waals surface area contributed by atoms with Crippen LogP contribution in [0.4, 0.5) is 4.39 Å². The molecule has 0 aromatic heterocycles. The fourth-order valence-electron chi connectivity index (χ4n) is 2.27. The molecule has 1 unspecified atom stereocenters. The normalized spacial score (nSPS) is 12.5. The maximum atomic E-state index is 13.2. The van der Waals surface area contributed by atoms with Gasteiger partial charge in [0.15, 0.2) is 0 Å². The number of rotatable bonds is 3. The second kappa shape index (κ2) is 5.70. The Kier molecular flexibility index (Phi) is 4.20. The van der Waals surface area contributed by atoms with Crippen molar-refractivity contribution in [2.24, 2.45) is 5.84 Å². The average molecular weight is 279 g/mol. The van der Waals surface area contributed by atoms with Crippen LogP contribution in [0.15, 0.2) is 36.4 Å². The second-order valence-corrected chi connectivity index (χ2v) is 5.04. The molecule has 0 spiro atoms. The molecule has 0 saturated heterocycles. The molecule has 0 heterocycles. The highest BCUT2D eigenvalue weighted by molar-refractivity contribution is 6.30. The lowest BCUT2D eigenvalue weighted by molar-refractivity contribution is 0.611. The molecular formula is C15H16ClFN2. The van der Waals surface area contributed by atoms with Crippen LogP contribution in [0.2, 0.25) is 5.02 Å². The molecule has 0 amide bonds. The number of halogens is 2. The second-order valence-electron chi connectivity index (χ2n) is 4.60. The molecule has 2 aromatic rings. The molecule has 19 heavy (non-hydrogen) atoms. The molecule has 0 radical (unpaired) electrons. The Hall–Kier alpha value is -1.42. The summed E-state index contributed by atoms with van der Waals surface area (Å²) in [6, 6.07) is 10.2. The Bertz CT molecular complexity index is 547. The molecule has 1 atom stereocenters. The summed E-state index contributed by atoms with van der Waals surface area (Å²) in [7, 11) is 0. The zero-order valence-corrected chi connectivity index (χ0v) is 11.6. The Morgan fingerprint density at radius 2 is 1.63 bits per heavy atom. The predicted molar refractivity (Wildman–Crippen MR) is 76.5 cm³/mol. The van der Waals surface area contributed by atoms with Gasteiger partial charge in [-0.05, 0) is 60.4 Å². The lowest BCUT2D eigenvalue weighted by atomic mass is 9.92. The van der Waals surface area contributed by atoms with Gasteiger partial charge in [-0.3, -0.25) is 5.84 Å². The first-order valence-electron chi connectivity index (χ1n) is 6.01. The fourth-order valence-corrected chi connectivity index (χ4v) is 2.50. The lowest BCUT2D eigenvalue weighted by Crippen LogP contribution is -2.30. The van der Waals surface area contributed by atoms with E-state index in [1.807, 2.05) is 32.0 Å². The SMILES string of the molecule is Cc1cc(F)ccc1C(NN)c1ccc(Cl)cc1C. The van der Waals surface area contributed by atoms with Crippen LogP contribution in [0.25, 0.3) is 0 Å². The van der Waals surface area contributed by atoms with Gasteiger partial charge in [-0.2, -0.15) is 0 Å². The summed E-state index contributed by atoms with van der Waals surface area (Å²) in [4.78, 5) is 0. The molecule has 0 saturated carbocycles. The highest BCUT2D eigenvalue weighted by atomic mass is 35.5. The Morgan fingerprint density at radius 1 is 1.05 bits per heavy atom. The number of aryl methyl sites for hydroxylation is 2. The molecule has 2 aromatic carbocycles. The highest BCUT2D eigenvalue weighted by Gasteiger charge is 2.17. The Balaban J connectivity index is 2.50. The van der Waals surface area contributed by atoms with E-state index in [0.717, 1.165) is 22.3 Å². The topological polar surface area (TPSA) is 38.0 Å². The third-order valence-corrected chi connectivity index (χ3v) is 3.49. The van der Waals surface area contributed by atoms with Crippen molar-refractivity contribution in [3.8, 4) is 0 Å². The van der Waals surface area contributed by atoms with Crippen molar-refractivity contribution in [1.82, 2.24) is 5.43 Å². The van der Waals surface area contributed by atoms with Crippen molar-refractivity contribution in [1.29, 1.82) is 0 Å². The van der Waals surface area contributed by atoms with Crippen LogP contribution in [0.1, 0.15) is 28.3 Å². The molecule has 0 aliphatic heterocycles. The summed E-state index contributed by atoms with van der Waals surface area (Å²) in [6.07, 6.45) is 0. The maximum absolute atomic E-state index is 13.2. The molecule has 0 aliphatic rings. The van der Waals surface area contributed by atoms with E-state index in [4.69, 9.17) is 17.4 Å². The van der Waals surface area contributed by atoms with Crippen molar-refractivity contribution in [3.63, 3.8) is 0 Å². The van der Waals surface area contributed by atoms with Crippen molar-refractivity contribution in [2.75, 3.05) is 0 Å². The van der Waals surface area contributed by atoms with E-state index < -0.39 is 0 Å². The van der Waals surface area contributed by atoms with Crippen molar-refractivity contribution in [3.05, 3.63) is 69.5 Å². The quantitative estimate of drug-likeness (QED) is 0.664. The lowest BCUT2D eigenvalue weighted by Gasteiger charge is -2.21. The van der Waals surface area contributed by atoms with E-state index >= 15 is 0 Å². The Labute approximate surface area is 117 Å².